The van der Waals surface area contributed by atoms with Crippen LogP contribution in [0.5, 0.6) is 0 Å². The van der Waals surface area contributed by atoms with Gasteiger partial charge < -0.3 is 0 Å². The maximum Gasteiger partial charge on any atom is 0.127 e. The fraction of sp³-hybridized carbons (Fsp3) is 0.538. The quantitative estimate of drug-likeness (QED) is 0.661. The van der Waals surface area contributed by atoms with Crippen molar-refractivity contribution in [2.75, 3.05) is 5.88 Å². The molecule has 0 fully saturated rings. The van der Waals surface area contributed by atoms with E-state index in [-0.39, 0.29) is 11.7 Å². The molecule has 90 valence electrons. The molecule has 0 aliphatic heterocycles. The fourth-order valence-corrected chi connectivity index (χ4v) is 2.36. The van der Waals surface area contributed by atoms with Crippen LogP contribution in [-0.2, 0) is 6.42 Å². The van der Waals surface area contributed by atoms with Gasteiger partial charge in [0.15, 0.2) is 0 Å². The molecule has 0 aliphatic rings. The summed E-state index contributed by atoms with van der Waals surface area (Å²) in [7, 11) is 0. The molecule has 0 aromatic heterocycles. The minimum Gasteiger partial charge on any atom is -0.207 e. The SMILES string of the molecule is CC(C)CC(CCl)Cc1c(F)cccc1Cl. The second-order valence-corrected chi connectivity index (χ2v) is 5.27. The number of rotatable bonds is 5. The lowest BCUT2D eigenvalue weighted by Gasteiger charge is -2.17. The molecule has 0 heterocycles. The second-order valence-electron chi connectivity index (χ2n) is 4.55. The number of halogens is 3. The molecule has 1 aromatic carbocycles. The topological polar surface area (TPSA) is 0 Å². The summed E-state index contributed by atoms with van der Waals surface area (Å²) in [5.41, 5.74) is 0.593. The van der Waals surface area contributed by atoms with Crippen LogP contribution in [-0.4, -0.2) is 5.88 Å². The van der Waals surface area contributed by atoms with Crippen molar-refractivity contribution in [2.45, 2.75) is 26.7 Å². The van der Waals surface area contributed by atoms with Crippen molar-refractivity contribution < 1.29 is 4.39 Å². The van der Waals surface area contributed by atoms with Gasteiger partial charge in [-0.3, -0.25) is 0 Å². The van der Waals surface area contributed by atoms with E-state index in [0.717, 1.165) is 6.42 Å². The zero-order valence-corrected chi connectivity index (χ0v) is 11.2. The summed E-state index contributed by atoms with van der Waals surface area (Å²) in [6.07, 6.45) is 1.61. The predicted octanol–water partition coefficient (Wildman–Crippen LogP) is 4.92. The highest BCUT2D eigenvalue weighted by Gasteiger charge is 2.15. The highest BCUT2D eigenvalue weighted by Crippen LogP contribution is 2.25. The molecule has 0 amide bonds. The minimum atomic E-state index is -0.230. The smallest absolute Gasteiger partial charge is 0.127 e. The van der Waals surface area contributed by atoms with Crippen LogP contribution >= 0.6 is 23.2 Å². The number of hydrogen-bond donors (Lipinski definition) is 0. The summed E-state index contributed by atoms with van der Waals surface area (Å²) in [5, 5.41) is 0.499. The third kappa shape index (κ3) is 3.95. The lowest BCUT2D eigenvalue weighted by atomic mass is 9.92. The second kappa shape index (κ2) is 6.46. The van der Waals surface area contributed by atoms with Gasteiger partial charge in [-0.15, -0.1) is 11.6 Å². The average Bonchev–Trinajstić information content (AvgIpc) is 2.21. The van der Waals surface area contributed by atoms with Crippen LogP contribution in [0.4, 0.5) is 4.39 Å². The maximum absolute atomic E-state index is 13.6. The van der Waals surface area contributed by atoms with Gasteiger partial charge in [0, 0.05) is 16.5 Å². The van der Waals surface area contributed by atoms with Crippen molar-refractivity contribution >= 4 is 23.2 Å². The van der Waals surface area contributed by atoms with Gasteiger partial charge >= 0.3 is 0 Å². The highest BCUT2D eigenvalue weighted by molar-refractivity contribution is 6.31. The molecule has 0 bridgehead atoms. The first kappa shape index (κ1) is 13.8. The molecule has 1 atom stereocenters. The summed E-state index contributed by atoms with van der Waals surface area (Å²) in [4.78, 5) is 0. The molecule has 3 heteroatoms. The summed E-state index contributed by atoms with van der Waals surface area (Å²) >= 11 is 11.9. The maximum atomic E-state index is 13.6. The molecule has 0 saturated carbocycles. The van der Waals surface area contributed by atoms with Gasteiger partial charge in [-0.05, 0) is 36.8 Å². The standard InChI is InChI=1S/C13H17Cl2F/c1-9(2)6-10(8-14)7-11-12(15)4-3-5-13(11)16/h3-5,9-10H,6-8H2,1-2H3. The first-order valence-electron chi connectivity index (χ1n) is 5.53. The monoisotopic (exact) mass is 262 g/mol. The van der Waals surface area contributed by atoms with E-state index >= 15 is 0 Å². The van der Waals surface area contributed by atoms with Crippen LogP contribution in [0.25, 0.3) is 0 Å². The lowest BCUT2D eigenvalue weighted by molar-refractivity contribution is 0.434. The van der Waals surface area contributed by atoms with Crippen LogP contribution < -0.4 is 0 Å². The van der Waals surface area contributed by atoms with Gasteiger partial charge in [-0.25, -0.2) is 4.39 Å². The van der Waals surface area contributed by atoms with Gasteiger partial charge in [-0.1, -0.05) is 31.5 Å². The van der Waals surface area contributed by atoms with Crippen molar-refractivity contribution in [1.82, 2.24) is 0 Å². The molecule has 1 rings (SSSR count). The Hall–Kier alpha value is -0.270. The average molecular weight is 263 g/mol. The van der Waals surface area contributed by atoms with Gasteiger partial charge in [0.25, 0.3) is 0 Å². The molecule has 0 aliphatic carbocycles. The molecule has 0 N–H and O–H groups in total. The van der Waals surface area contributed by atoms with E-state index in [2.05, 4.69) is 13.8 Å². The van der Waals surface area contributed by atoms with Gasteiger partial charge in [0.05, 0.1) is 0 Å². The largest absolute Gasteiger partial charge is 0.207 e. The van der Waals surface area contributed by atoms with Gasteiger partial charge in [-0.2, -0.15) is 0 Å². The zero-order valence-electron chi connectivity index (χ0n) is 9.64. The molecule has 1 unspecified atom stereocenters. The highest BCUT2D eigenvalue weighted by atomic mass is 35.5. The Morgan fingerprint density at radius 3 is 2.50 bits per heavy atom. The Morgan fingerprint density at radius 2 is 2.00 bits per heavy atom. The number of hydrogen-bond acceptors (Lipinski definition) is 0. The van der Waals surface area contributed by atoms with E-state index in [4.69, 9.17) is 23.2 Å². The molecule has 0 saturated heterocycles. The lowest BCUT2D eigenvalue weighted by Crippen LogP contribution is -2.11. The van der Waals surface area contributed by atoms with E-state index < -0.39 is 0 Å². The normalized spacial score (nSPS) is 13.1. The van der Waals surface area contributed by atoms with Crippen LogP contribution in [0.2, 0.25) is 5.02 Å². The van der Waals surface area contributed by atoms with Crippen molar-refractivity contribution in [3.05, 3.63) is 34.6 Å². The third-order valence-corrected chi connectivity index (χ3v) is 3.37. The third-order valence-electron chi connectivity index (χ3n) is 2.58. The van der Waals surface area contributed by atoms with Crippen molar-refractivity contribution in [2.24, 2.45) is 11.8 Å². The van der Waals surface area contributed by atoms with E-state index in [9.17, 15) is 4.39 Å². The van der Waals surface area contributed by atoms with Gasteiger partial charge in [0.2, 0.25) is 0 Å². The molecular weight excluding hydrogens is 246 g/mol. The van der Waals surface area contributed by atoms with E-state index in [1.807, 2.05) is 0 Å². The predicted molar refractivity (Wildman–Crippen MR) is 68.8 cm³/mol. The summed E-state index contributed by atoms with van der Waals surface area (Å²) < 4.78 is 13.6. The van der Waals surface area contributed by atoms with Crippen LogP contribution in [0.3, 0.4) is 0 Å². The number of benzene rings is 1. The van der Waals surface area contributed by atoms with Gasteiger partial charge in [0.1, 0.15) is 5.82 Å². The van der Waals surface area contributed by atoms with Crippen LogP contribution in [0, 0.1) is 17.7 Å². The Kier molecular flexibility index (Phi) is 5.57. The summed E-state index contributed by atoms with van der Waals surface area (Å²) in [6.45, 7) is 4.28. The Balaban J connectivity index is 2.77. The minimum absolute atomic E-state index is 0.230. The number of alkyl halides is 1. The molecule has 0 spiro atoms. The van der Waals surface area contributed by atoms with Crippen LogP contribution in [0.15, 0.2) is 18.2 Å². The van der Waals surface area contributed by atoms with Crippen molar-refractivity contribution in [1.29, 1.82) is 0 Å². The first-order chi connectivity index (χ1) is 7.54. The fourth-order valence-electron chi connectivity index (χ4n) is 1.88. The first-order valence-corrected chi connectivity index (χ1v) is 6.44. The molecule has 1 aromatic rings. The Labute approximate surface area is 107 Å². The van der Waals surface area contributed by atoms with E-state index in [1.54, 1.807) is 12.1 Å². The van der Waals surface area contributed by atoms with E-state index in [0.29, 0.717) is 28.8 Å². The summed E-state index contributed by atoms with van der Waals surface area (Å²) in [5.74, 6) is 1.17. The Morgan fingerprint density at radius 1 is 1.31 bits per heavy atom. The Bertz CT molecular complexity index is 316. The molecular formula is C13H17Cl2F. The summed E-state index contributed by atoms with van der Waals surface area (Å²) in [6, 6.07) is 4.79. The molecule has 0 nitrogen and oxygen atoms in total. The molecule has 0 radical (unpaired) electrons. The van der Waals surface area contributed by atoms with Crippen molar-refractivity contribution in [3.63, 3.8) is 0 Å². The van der Waals surface area contributed by atoms with Crippen molar-refractivity contribution in [3.8, 4) is 0 Å². The van der Waals surface area contributed by atoms with E-state index in [1.165, 1.54) is 6.07 Å². The molecule has 16 heavy (non-hydrogen) atoms. The van der Waals surface area contributed by atoms with Crippen LogP contribution in [0.1, 0.15) is 25.8 Å². The zero-order chi connectivity index (χ0) is 12.1.